The molecule has 1 aliphatic heterocycles. The van der Waals surface area contributed by atoms with Gasteiger partial charge in [-0.3, -0.25) is 9.78 Å². The Morgan fingerprint density at radius 1 is 1.47 bits per heavy atom. The standard InChI is InChI=1S/C10H17N5O2/c1-2-15(7-4-3-5-11-6-7)8-9(16)12-10(17)14-13-8/h7,11H,2-6H2,1H3,(H2,12,14,16,17). The monoisotopic (exact) mass is 239 g/mol. The molecule has 17 heavy (non-hydrogen) atoms. The van der Waals surface area contributed by atoms with Gasteiger partial charge < -0.3 is 10.2 Å². The summed E-state index contributed by atoms with van der Waals surface area (Å²) in [5.74, 6) is 0.292. The molecule has 7 heteroatoms. The number of nitrogens with zero attached hydrogens (tertiary/aromatic N) is 2. The van der Waals surface area contributed by atoms with Crippen LogP contribution in [0.2, 0.25) is 0 Å². The van der Waals surface area contributed by atoms with Gasteiger partial charge in [0.05, 0.1) is 0 Å². The summed E-state index contributed by atoms with van der Waals surface area (Å²) in [7, 11) is 0. The van der Waals surface area contributed by atoms with Crippen molar-refractivity contribution in [3.8, 4) is 0 Å². The van der Waals surface area contributed by atoms with E-state index in [1.807, 2.05) is 11.8 Å². The molecule has 0 radical (unpaired) electrons. The van der Waals surface area contributed by atoms with Crippen LogP contribution in [0.25, 0.3) is 0 Å². The third-order valence-corrected chi connectivity index (χ3v) is 3.02. The second kappa shape index (κ2) is 5.13. The van der Waals surface area contributed by atoms with Crippen molar-refractivity contribution in [2.45, 2.75) is 25.8 Å². The van der Waals surface area contributed by atoms with Crippen LogP contribution in [0.1, 0.15) is 19.8 Å². The minimum atomic E-state index is -0.573. The second-order valence-corrected chi connectivity index (χ2v) is 4.12. The molecule has 1 unspecified atom stereocenters. The predicted molar refractivity (Wildman–Crippen MR) is 64.4 cm³/mol. The highest BCUT2D eigenvalue weighted by atomic mass is 16.2. The molecule has 0 aromatic carbocycles. The predicted octanol–water partition coefficient (Wildman–Crippen LogP) is -0.963. The molecule has 2 heterocycles. The molecule has 0 bridgehead atoms. The third-order valence-electron chi connectivity index (χ3n) is 3.02. The minimum Gasteiger partial charge on any atom is -0.347 e. The molecule has 0 aliphatic carbocycles. The van der Waals surface area contributed by atoms with E-state index < -0.39 is 11.2 Å². The number of anilines is 1. The lowest BCUT2D eigenvalue weighted by Gasteiger charge is -2.33. The van der Waals surface area contributed by atoms with Crippen LogP contribution in [0.5, 0.6) is 0 Å². The largest absolute Gasteiger partial charge is 0.347 e. The lowest BCUT2D eigenvalue weighted by Crippen LogP contribution is -2.48. The number of aromatic amines is 2. The Kier molecular flexibility index (Phi) is 3.58. The van der Waals surface area contributed by atoms with Gasteiger partial charge in [-0.25, -0.2) is 9.89 Å². The van der Waals surface area contributed by atoms with E-state index in [0.717, 1.165) is 25.9 Å². The molecule has 0 spiro atoms. The van der Waals surface area contributed by atoms with E-state index >= 15 is 0 Å². The van der Waals surface area contributed by atoms with E-state index in [4.69, 9.17) is 0 Å². The summed E-state index contributed by atoms with van der Waals surface area (Å²) in [5, 5.41) is 9.41. The summed E-state index contributed by atoms with van der Waals surface area (Å²) >= 11 is 0. The molecule has 2 rings (SSSR count). The van der Waals surface area contributed by atoms with Gasteiger partial charge in [0.15, 0.2) is 0 Å². The van der Waals surface area contributed by atoms with Crippen LogP contribution in [0.4, 0.5) is 5.82 Å². The first-order valence-electron chi connectivity index (χ1n) is 5.88. The highest BCUT2D eigenvalue weighted by Gasteiger charge is 2.23. The first-order chi connectivity index (χ1) is 8.22. The second-order valence-electron chi connectivity index (χ2n) is 4.12. The molecule has 1 aromatic heterocycles. The number of aromatic nitrogens is 3. The number of nitrogens with one attached hydrogen (secondary N) is 3. The zero-order valence-corrected chi connectivity index (χ0v) is 9.82. The molecule has 1 fully saturated rings. The van der Waals surface area contributed by atoms with Crippen LogP contribution >= 0.6 is 0 Å². The number of rotatable bonds is 3. The van der Waals surface area contributed by atoms with Gasteiger partial charge in [0.25, 0.3) is 5.56 Å². The Morgan fingerprint density at radius 3 is 2.88 bits per heavy atom. The molecular formula is C10H17N5O2. The summed E-state index contributed by atoms with van der Waals surface area (Å²) in [6.07, 6.45) is 2.11. The maximum Gasteiger partial charge on any atom is 0.342 e. The van der Waals surface area contributed by atoms with Crippen molar-refractivity contribution < 1.29 is 0 Å². The van der Waals surface area contributed by atoms with E-state index in [-0.39, 0.29) is 6.04 Å². The molecule has 0 amide bonds. The van der Waals surface area contributed by atoms with Gasteiger partial charge in [-0.2, -0.15) is 0 Å². The smallest absolute Gasteiger partial charge is 0.342 e. The number of H-pyrrole nitrogens is 2. The van der Waals surface area contributed by atoms with Crippen molar-refractivity contribution in [2.75, 3.05) is 24.5 Å². The topological polar surface area (TPSA) is 93.9 Å². The maximum absolute atomic E-state index is 11.7. The third kappa shape index (κ3) is 2.55. The Balaban J connectivity index is 2.27. The highest BCUT2D eigenvalue weighted by molar-refractivity contribution is 5.35. The number of hydrogen-bond acceptors (Lipinski definition) is 5. The van der Waals surface area contributed by atoms with Gasteiger partial charge >= 0.3 is 5.69 Å². The summed E-state index contributed by atoms with van der Waals surface area (Å²) in [5.41, 5.74) is -1.00. The van der Waals surface area contributed by atoms with E-state index in [0.29, 0.717) is 12.4 Å². The first kappa shape index (κ1) is 11.8. The lowest BCUT2D eigenvalue weighted by molar-refractivity contribution is 0.431. The summed E-state index contributed by atoms with van der Waals surface area (Å²) in [4.78, 5) is 26.7. The molecule has 3 N–H and O–H groups in total. The van der Waals surface area contributed by atoms with E-state index in [9.17, 15) is 9.59 Å². The maximum atomic E-state index is 11.7. The first-order valence-corrected chi connectivity index (χ1v) is 5.88. The Morgan fingerprint density at radius 2 is 2.29 bits per heavy atom. The molecular weight excluding hydrogens is 222 g/mol. The zero-order chi connectivity index (χ0) is 12.3. The number of likely N-dealkylation sites (N-methyl/N-ethyl adjacent to an activating group) is 1. The molecule has 1 aliphatic rings. The summed E-state index contributed by atoms with van der Waals surface area (Å²) in [6, 6.07) is 0.258. The van der Waals surface area contributed by atoms with E-state index in [2.05, 4.69) is 20.5 Å². The van der Waals surface area contributed by atoms with Crippen LogP contribution in [0, 0.1) is 0 Å². The van der Waals surface area contributed by atoms with Crippen LogP contribution < -0.4 is 21.5 Å². The van der Waals surface area contributed by atoms with Gasteiger partial charge in [-0.15, -0.1) is 5.10 Å². The van der Waals surface area contributed by atoms with Crippen molar-refractivity contribution in [2.24, 2.45) is 0 Å². The van der Waals surface area contributed by atoms with Crippen LogP contribution in [0.3, 0.4) is 0 Å². The molecule has 94 valence electrons. The van der Waals surface area contributed by atoms with Crippen molar-refractivity contribution in [1.29, 1.82) is 0 Å². The SMILES string of the molecule is CCN(c1n[nH]c(=O)[nH]c1=O)C1CCCNC1. The lowest BCUT2D eigenvalue weighted by atomic mass is 10.1. The Labute approximate surface area is 98.2 Å². The van der Waals surface area contributed by atoms with Crippen LogP contribution in [-0.4, -0.2) is 40.9 Å². The van der Waals surface area contributed by atoms with Gasteiger partial charge in [-0.1, -0.05) is 0 Å². The van der Waals surface area contributed by atoms with Crippen molar-refractivity contribution in [3.63, 3.8) is 0 Å². The van der Waals surface area contributed by atoms with Gasteiger partial charge in [0.2, 0.25) is 5.82 Å². The minimum absolute atomic E-state index is 0.258. The van der Waals surface area contributed by atoms with Crippen molar-refractivity contribution in [1.82, 2.24) is 20.5 Å². The van der Waals surface area contributed by atoms with Gasteiger partial charge in [-0.05, 0) is 26.3 Å². The number of piperidine rings is 1. The number of hydrogen-bond donors (Lipinski definition) is 3. The quantitative estimate of drug-likeness (QED) is 0.631. The van der Waals surface area contributed by atoms with Crippen molar-refractivity contribution >= 4 is 5.82 Å². The fourth-order valence-corrected chi connectivity index (χ4v) is 2.22. The highest BCUT2D eigenvalue weighted by Crippen LogP contribution is 2.13. The molecule has 1 atom stereocenters. The van der Waals surface area contributed by atoms with E-state index in [1.165, 1.54) is 0 Å². The Hall–Kier alpha value is -1.63. The average molecular weight is 239 g/mol. The molecule has 0 saturated carbocycles. The summed E-state index contributed by atoms with van der Waals surface area (Å²) < 4.78 is 0. The van der Waals surface area contributed by atoms with Gasteiger partial charge in [0, 0.05) is 19.1 Å². The van der Waals surface area contributed by atoms with Crippen molar-refractivity contribution in [3.05, 3.63) is 20.8 Å². The average Bonchev–Trinajstić information content (AvgIpc) is 2.34. The zero-order valence-electron chi connectivity index (χ0n) is 9.82. The Bertz CT molecular complexity index is 474. The molecule has 7 nitrogen and oxygen atoms in total. The molecule has 1 saturated heterocycles. The summed E-state index contributed by atoms with van der Waals surface area (Å²) in [6.45, 7) is 4.52. The van der Waals surface area contributed by atoms with Crippen LogP contribution in [-0.2, 0) is 0 Å². The molecule has 1 aromatic rings. The fraction of sp³-hybridized carbons (Fsp3) is 0.700. The van der Waals surface area contributed by atoms with Gasteiger partial charge in [0.1, 0.15) is 0 Å². The van der Waals surface area contributed by atoms with Crippen LogP contribution in [0.15, 0.2) is 9.59 Å². The van der Waals surface area contributed by atoms with E-state index in [1.54, 1.807) is 0 Å². The normalized spacial score (nSPS) is 20.2. The fourth-order valence-electron chi connectivity index (χ4n) is 2.22.